The number of halogens is 1. The zero-order chi connectivity index (χ0) is 29.1. The summed E-state index contributed by atoms with van der Waals surface area (Å²) in [4.78, 5) is 2.28. The van der Waals surface area contributed by atoms with E-state index in [0.717, 1.165) is 65.5 Å². The van der Waals surface area contributed by atoms with Gasteiger partial charge < -0.3 is 15.1 Å². The number of benzene rings is 4. The van der Waals surface area contributed by atoms with Gasteiger partial charge in [0, 0.05) is 28.1 Å². The van der Waals surface area contributed by atoms with E-state index in [4.69, 9.17) is 0 Å². The quantitative estimate of drug-likeness (QED) is 0.188. The standard InChI is InChI=1S/C37H42BrNO2/c1-24(11-10-20-39(4)23-28-22-29(38)21-25(2)36(28)40)18-19-27-12-9-17-34(37(27)41)35-26(3)30-13-5-6-14-31(30)32-15-7-8-16-33(32)35/h5-9,12-17,21-22,24,26,35,40-41H,10-11,18-20,23H2,1-4H3. The fraction of sp³-hybridized carbons (Fsp3) is 0.351. The topological polar surface area (TPSA) is 43.7 Å². The van der Waals surface area contributed by atoms with Crippen molar-refractivity contribution in [3.63, 3.8) is 0 Å². The molecule has 3 nitrogen and oxygen atoms in total. The van der Waals surface area contributed by atoms with Gasteiger partial charge in [0.2, 0.25) is 0 Å². The Morgan fingerprint density at radius 2 is 1.46 bits per heavy atom. The van der Waals surface area contributed by atoms with E-state index in [0.29, 0.717) is 17.4 Å². The lowest BCUT2D eigenvalue weighted by atomic mass is 9.69. The number of nitrogens with zero attached hydrogens (tertiary/aromatic N) is 1. The number of aryl methyl sites for hydroxylation is 2. The van der Waals surface area contributed by atoms with Crippen molar-refractivity contribution in [2.24, 2.45) is 5.92 Å². The Labute approximate surface area is 254 Å². The van der Waals surface area contributed by atoms with Crippen molar-refractivity contribution in [3.8, 4) is 22.6 Å². The maximum Gasteiger partial charge on any atom is 0.123 e. The molecule has 0 heterocycles. The summed E-state index contributed by atoms with van der Waals surface area (Å²) >= 11 is 3.55. The molecule has 1 aliphatic rings. The van der Waals surface area contributed by atoms with Crippen molar-refractivity contribution < 1.29 is 10.2 Å². The van der Waals surface area contributed by atoms with Crippen molar-refractivity contribution in [2.45, 2.75) is 64.8 Å². The number of para-hydroxylation sites is 1. The van der Waals surface area contributed by atoms with Gasteiger partial charge in [-0.05, 0) is 104 Å². The Morgan fingerprint density at radius 1 is 0.805 bits per heavy atom. The van der Waals surface area contributed by atoms with E-state index in [1.54, 1.807) is 0 Å². The Hall–Kier alpha value is -3.08. The average molecular weight is 613 g/mol. The van der Waals surface area contributed by atoms with Crippen LogP contribution in [0.4, 0.5) is 0 Å². The van der Waals surface area contributed by atoms with Crippen LogP contribution >= 0.6 is 15.9 Å². The first kappa shape index (κ1) is 29.4. The van der Waals surface area contributed by atoms with E-state index >= 15 is 0 Å². The van der Waals surface area contributed by atoms with Crippen LogP contribution in [0, 0.1) is 12.8 Å². The van der Waals surface area contributed by atoms with Crippen molar-refractivity contribution >= 4 is 15.9 Å². The molecule has 0 fully saturated rings. The first-order valence-electron chi connectivity index (χ1n) is 14.9. The Kier molecular flexibility index (Phi) is 9.21. The molecule has 0 radical (unpaired) electrons. The zero-order valence-corrected chi connectivity index (χ0v) is 26.3. The van der Waals surface area contributed by atoms with Gasteiger partial charge >= 0.3 is 0 Å². The molecular weight excluding hydrogens is 570 g/mol. The molecule has 5 rings (SSSR count). The summed E-state index contributed by atoms with van der Waals surface area (Å²) in [5.41, 5.74) is 9.19. The second-order valence-corrected chi connectivity index (χ2v) is 13.0. The molecule has 4 aromatic rings. The van der Waals surface area contributed by atoms with Crippen LogP contribution in [0.3, 0.4) is 0 Å². The monoisotopic (exact) mass is 611 g/mol. The fourth-order valence-electron chi connectivity index (χ4n) is 6.65. The van der Waals surface area contributed by atoms with Crippen LogP contribution in [0.5, 0.6) is 11.5 Å². The molecule has 3 atom stereocenters. The molecule has 1 aliphatic carbocycles. The van der Waals surface area contributed by atoms with E-state index in [9.17, 15) is 10.2 Å². The first-order valence-corrected chi connectivity index (χ1v) is 15.7. The van der Waals surface area contributed by atoms with Crippen LogP contribution in [0.25, 0.3) is 11.1 Å². The minimum absolute atomic E-state index is 0.127. The molecule has 214 valence electrons. The summed E-state index contributed by atoms with van der Waals surface area (Å²) in [6, 6.07) is 27.7. The fourth-order valence-corrected chi connectivity index (χ4v) is 7.27. The molecule has 0 amide bonds. The van der Waals surface area contributed by atoms with E-state index < -0.39 is 0 Å². The molecule has 0 aliphatic heterocycles. The molecule has 2 N–H and O–H groups in total. The van der Waals surface area contributed by atoms with Crippen LogP contribution < -0.4 is 0 Å². The van der Waals surface area contributed by atoms with Gasteiger partial charge in [-0.1, -0.05) is 96.5 Å². The number of fused-ring (bicyclic) bond motifs is 3. The maximum atomic E-state index is 11.6. The van der Waals surface area contributed by atoms with Crippen molar-refractivity contribution in [1.29, 1.82) is 0 Å². The number of hydrogen-bond acceptors (Lipinski definition) is 3. The highest BCUT2D eigenvalue weighted by Crippen LogP contribution is 2.51. The summed E-state index contributed by atoms with van der Waals surface area (Å²) in [5.74, 6) is 1.83. The smallest absolute Gasteiger partial charge is 0.123 e. The largest absolute Gasteiger partial charge is 0.507 e. The van der Waals surface area contributed by atoms with Gasteiger partial charge in [-0.15, -0.1) is 0 Å². The first-order chi connectivity index (χ1) is 19.7. The summed E-state index contributed by atoms with van der Waals surface area (Å²) in [6.07, 6.45) is 4.17. The van der Waals surface area contributed by atoms with Gasteiger partial charge in [-0.3, -0.25) is 0 Å². The summed E-state index contributed by atoms with van der Waals surface area (Å²) in [6.45, 7) is 8.27. The van der Waals surface area contributed by atoms with Crippen molar-refractivity contribution in [3.05, 3.63) is 117 Å². The lowest BCUT2D eigenvalue weighted by Gasteiger charge is -2.34. The zero-order valence-electron chi connectivity index (χ0n) is 24.7. The molecule has 0 aromatic heterocycles. The van der Waals surface area contributed by atoms with Gasteiger partial charge in [0.1, 0.15) is 11.5 Å². The SMILES string of the molecule is Cc1cc(Br)cc(CN(C)CCCC(C)CCc2cccc(C3c4ccccc4-c4ccccc4C3C)c2O)c1O. The van der Waals surface area contributed by atoms with Crippen molar-refractivity contribution in [2.75, 3.05) is 13.6 Å². The van der Waals surface area contributed by atoms with Crippen LogP contribution in [0.1, 0.15) is 78.3 Å². The minimum Gasteiger partial charge on any atom is -0.507 e. The second kappa shape index (κ2) is 12.8. The van der Waals surface area contributed by atoms with Gasteiger partial charge in [0.25, 0.3) is 0 Å². The second-order valence-electron chi connectivity index (χ2n) is 12.1. The van der Waals surface area contributed by atoms with Crippen LogP contribution in [-0.4, -0.2) is 28.7 Å². The third kappa shape index (κ3) is 6.39. The lowest BCUT2D eigenvalue weighted by molar-refractivity contribution is 0.300. The average Bonchev–Trinajstić information content (AvgIpc) is 2.96. The third-order valence-electron chi connectivity index (χ3n) is 8.95. The molecule has 0 saturated carbocycles. The van der Waals surface area contributed by atoms with E-state index in [1.807, 2.05) is 19.1 Å². The van der Waals surface area contributed by atoms with E-state index in [2.05, 4.69) is 108 Å². The normalized spacial score (nSPS) is 16.8. The molecule has 3 unspecified atom stereocenters. The molecule has 0 spiro atoms. The number of phenols is 2. The van der Waals surface area contributed by atoms with Crippen LogP contribution in [0.15, 0.2) is 83.3 Å². The Bertz CT molecular complexity index is 1510. The highest BCUT2D eigenvalue weighted by molar-refractivity contribution is 9.10. The molecule has 0 saturated heterocycles. The van der Waals surface area contributed by atoms with E-state index in [-0.39, 0.29) is 11.8 Å². The minimum atomic E-state index is 0.127. The van der Waals surface area contributed by atoms with Gasteiger partial charge in [0.15, 0.2) is 0 Å². The molecular formula is C37H42BrNO2. The summed E-state index contributed by atoms with van der Waals surface area (Å²) in [5, 5.41) is 22.0. The van der Waals surface area contributed by atoms with Gasteiger partial charge in [-0.25, -0.2) is 0 Å². The predicted molar refractivity (Wildman–Crippen MR) is 174 cm³/mol. The molecule has 4 heteroatoms. The molecule has 4 aromatic carbocycles. The summed E-state index contributed by atoms with van der Waals surface area (Å²) in [7, 11) is 2.12. The van der Waals surface area contributed by atoms with Gasteiger partial charge in [-0.2, -0.15) is 0 Å². The van der Waals surface area contributed by atoms with Crippen LogP contribution in [-0.2, 0) is 13.0 Å². The third-order valence-corrected chi connectivity index (χ3v) is 9.41. The van der Waals surface area contributed by atoms with Crippen LogP contribution in [0.2, 0.25) is 0 Å². The van der Waals surface area contributed by atoms with Crippen molar-refractivity contribution in [1.82, 2.24) is 4.90 Å². The molecule has 0 bridgehead atoms. The highest BCUT2D eigenvalue weighted by Gasteiger charge is 2.33. The number of aromatic hydroxyl groups is 2. The maximum absolute atomic E-state index is 11.6. The predicted octanol–water partition coefficient (Wildman–Crippen LogP) is 9.57. The summed E-state index contributed by atoms with van der Waals surface area (Å²) < 4.78 is 1.00. The number of rotatable bonds is 10. The number of hydrogen-bond donors (Lipinski definition) is 2. The number of phenolic OH excluding ortho intramolecular Hbond substituents is 2. The van der Waals surface area contributed by atoms with Gasteiger partial charge in [0.05, 0.1) is 0 Å². The van der Waals surface area contributed by atoms with E-state index in [1.165, 1.54) is 22.3 Å². The Morgan fingerprint density at radius 3 is 2.22 bits per heavy atom. The highest BCUT2D eigenvalue weighted by atomic mass is 79.9. The Balaban J connectivity index is 1.21. The molecule has 41 heavy (non-hydrogen) atoms. The lowest BCUT2D eigenvalue weighted by Crippen LogP contribution is -2.20.